The molecule has 140 valence electrons. The molecule has 1 amide bonds. The number of hydrogen-bond donors (Lipinski definition) is 2. The molecule has 6 nitrogen and oxygen atoms in total. The Morgan fingerprint density at radius 1 is 1.23 bits per heavy atom. The standard InChI is InChI=1S/C20H26N2O4/c1-12(2)11-15(19(25)26-20(3,4)5)22-18(24)14-9-8-13-7-6-10-21-16(13)17(14)23/h6-10,12,15,23H,11H2,1-5H3,(H,22,24). The molecule has 2 N–H and O–H groups in total. The van der Waals surface area contributed by atoms with Crippen LogP contribution in [0.25, 0.3) is 10.9 Å². The third kappa shape index (κ3) is 4.94. The number of carbonyl (C=O) groups excluding carboxylic acids is 2. The Bertz CT molecular complexity index is 809. The van der Waals surface area contributed by atoms with E-state index in [1.165, 1.54) is 6.07 Å². The van der Waals surface area contributed by atoms with Gasteiger partial charge in [-0.05, 0) is 45.2 Å². The van der Waals surface area contributed by atoms with Crippen LogP contribution >= 0.6 is 0 Å². The number of ether oxygens (including phenoxy) is 1. The average Bonchev–Trinajstić information content (AvgIpc) is 2.52. The van der Waals surface area contributed by atoms with Crippen LogP contribution < -0.4 is 5.32 Å². The number of carbonyl (C=O) groups is 2. The normalized spacial score (nSPS) is 12.8. The number of phenolic OH excluding ortho intramolecular Hbond substituents is 1. The highest BCUT2D eigenvalue weighted by Crippen LogP contribution is 2.27. The van der Waals surface area contributed by atoms with Gasteiger partial charge in [-0.25, -0.2) is 4.79 Å². The first-order chi connectivity index (χ1) is 12.1. The van der Waals surface area contributed by atoms with Crippen molar-refractivity contribution in [2.24, 2.45) is 5.92 Å². The zero-order chi connectivity index (χ0) is 19.5. The molecule has 1 unspecified atom stereocenters. The molecule has 0 bridgehead atoms. The number of amides is 1. The van der Waals surface area contributed by atoms with E-state index in [2.05, 4.69) is 10.3 Å². The van der Waals surface area contributed by atoms with Gasteiger partial charge < -0.3 is 15.2 Å². The molecule has 0 aliphatic carbocycles. The van der Waals surface area contributed by atoms with Crippen LogP contribution in [0.3, 0.4) is 0 Å². The number of aromatic nitrogens is 1. The van der Waals surface area contributed by atoms with E-state index < -0.39 is 23.5 Å². The topological polar surface area (TPSA) is 88.5 Å². The van der Waals surface area contributed by atoms with Crippen molar-refractivity contribution in [2.75, 3.05) is 0 Å². The first-order valence-electron chi connectivity index (χ1n) is 8.69. The molecule has 0 saturated heterocycles. The van der Waals surface area contributed by atoms with Gasteiger partial charge in [-0.1, -0.05) is 26.0 Å². The maximum atomic E-state index is 12.7. The molecule has 2 rings (SSSR count). The van der Waals surface area contributed by atoms with E-state index >= 15 is 0 Å². The average molecular weight is 358 g/mol. The summed E-state index contributed by atoms with van der Waals surface area (Å²) in [6.45, 7) is 9.25. The lowest BCUT2D eigenvalue weighted by atomic mass is 10.0. The predicted octanol–water partition coefficient (Wildman–Crippen LogP) is 3.43. The molecule has 1 aromatic heterocycles. The summed E-state index contributed by atoms with van der Waals surface area (Å²) in [4.78, 5) is 29.2. The van der Waals surface area contributed by atoms with Gasteiger partial charge in [0.2, 0.25) is 0 Å². The van der Waals surface area contributed by atoms with E-state index in [1.807, 2.05) is 13.8 Å². The number of esters is 1. The Kier molecular flexibility index (Phi) is 5.85. The number of rotatable bonds is 5. The van der Waals surface area contributed by atoms with Crippen molar-refractivity contribution in [3.63, 3.8) is 0 Å². The number of hydrogen-bond acceptors (Lipinski definition) is 5. The minimum atomic E-state index is -0.791. The van der Waals surface area contributed by atoms with Crippen molar-refractivity contribution in [3.8, 4) is 5.75 Å². The van der Waals surface area contributed by atoms with Crippen molar-refractivity contribution in [1.82, 2.24) is 10.3 Å². The van der Waals surface area contributed by atoms with Crippen molar-refractivity contribution < 1.29 is 19.4 Å². The SMILES string of the molecule is CC(C)CC(NC(=O)c1ccc2cccnc2c1O)C(=O)OC(C)(C)C. The van der Waals surface area contributed by atoms with Crippen LogP contribution in [0, 0.1) is 5.92 Å². The fourth-order valence-corrected chi connectivity index (χ4v) is 2.61. The fourth-order valence-electron chi connectivity index (χ4n) is 2.61. The third-order valence-corrected chi connectivity index (χ3v) is 3.70. The van der Waals surface area contributed by atoms with Crippen LogP contribution in [-0.4, -0.2) is 33.6 Å². The van der Waals surface area contributed by atoms with E-state index in [-0.39, 0.29) is 17.2 Å². The Labute approximate surface area is 153 Å². The maximum Gasteiger partial charge on any atom is 0.329 e. The minimum Gasteiger partial charge on any atom is -0.505 e. The van der Waals surface area contributed by atoms with Gasteiger partial charge in [0.25, 0.3) is 5.91 Å². The lowest BCUT2D eigenvalue weighted by molar-refractivity contribution is -0.157. The van der Waals surface area contributed by atoms with Crippen molar-refractivity contribution in [1.29, 1.82) is 0 Å². The molecule has 6 heteroatoms. The monoisotopic (exact) mass is 358 g/mol. The third-order valence-electron chi connectivity index (χ3n) is 3.70. The zero-order valence-electron chi connectivity index (χ0n) is 15.9. The highest BCUT2D eigenvalue weighted by atomic mass is 16.6. The molecule has 0 spiro atoms. The summed E-state index contributed by atoms with van der Waals surface area (Å²) < 4.78 is 5.41. The lowest BCUT2D eigenvalue weighted by Gasteiger charge is -2.25. The minimum absolute atomic E-state index is 0.0773. The van der Waals surface area contributed by atoms with E-state index in [4.69, 9.17) is 4.74 Å². The first kappa shape index (κ1) is 19.7. The summed E-state index contributed by atoms with van der Waals surface area (Å²) in [5.41, 5.74) is -0.224. The number of aromatic hydroxyl groups is 1. The quantitative estimate of drug-likeness (QED) is 0.800. The molecular formula is C20H26N2O4. The van der Waals surface area contributed by atoms with Crippen molar-refractivity contribution in [3.05, 3.63) is 36.0 Å². The molecule has 0 saturated carbocycles. The number of pyridine rings is 1. The van der Waals surface area contributed by atoms with Crippen LogP contribution in [-0.2, 0) is 9.53 Å². The van der Waals surface area contributed by atoms with Crippen LogP contribution in [0.5, 0.6) is 5.75 Å². The number of fused-ring (bicyclic) bond motifs is 1. The molecule has 1 heterocycles. The molecule has 26 heavy (non-hydrogen) atoms. The zero-order valence-corrected chi connectivity index (χ0v) is 15.9. The molecule has 0 radical (unpaired) electrons. The first-order valence-corrected chi connectivity index (χ1v) is 8.69. The van der Waals surface area contributed by atoms with Gasteiger partial charge in [-0.15, -0.1) is 0 Å². The molecule has 0 aliphatic heterocycles. The molecule has 0 aliphatic rings. The number of phenols is 1. The molecule has 1 atom stereocenters. The summed E-state index contributed by atoms with van der Waals surface area (Å²) in [5, 5.41) is 13.8. The highest BCUT2D eigenvalue weighted by molar-refractivity contribution is 6.03. The Morgan fingerprint density at radius 2 is 1.92 bits per heavy atom. The summed E-state index contributed by atoms with van der Waals surface area (Å²) in [6, 6.07) is 5.99. The Morgan fingerprint density at radius 3 is 2.54 bits per heavy atom. The second-order valence-corrected chi connectivity index (χ2v) is 7.73. The maximum absolute atomic E-state index is 12.7. The van der Waals surface area contributed by atoms with E-state index in [9.17, 15) is 14.7 Å². The molecular weight excluding hydrogens is 332 g/mol. The number of benzene rings is 1. The van der Waals surface area contributed by atoms with Crippen LogP contribution in [0.1, 0.15) is 51.4 Å². The van der Waals surface area contributed by atoms with Gasteiger partial charge in [0.05, 0.1) is 5.56 Å². The van der Waals surface area contributed by atoms with Gasteiger partial charge in [-0.3, -0.25) is 9.78 Å². The van der Waals surface area contributed by atoms with Crippen molar-refractivity contribution >= 4 is 22.8 Å². The van der Waals surface area contributed by atoms with E-state index in [0.29, 0.717) is 11.9 Å². The molecule has 1 aromatic carbocycles. The second kappa shape index (κ2) is 7.72. The van der Waals surface area contributed by atoms with Crippen LogP contribution in [0.2, 0.25) is 0 Å². The smallest absolute Gasteiger partial charge is 0.329 e. The van der Waals surface area contributed by atoms with Gasteiger partial charge in [0.1, 0.15) is 17.2 Å². The summed E-state index contributed by atoms with van der Waals surface area (Å²) >= 11 is 0. The lowest BCUT2D eigenvalue weighted by Crippen LogP contribution is -2.45. The second-order valence-electron chi connectivity index (χ2n) is 7.73. The van der Waals surface area contributed by atoms with Gasteiger partial charge in [0, 0.05) is 11.6 Å². The number of nitrogens with one attached hydrogen (secondary N) is 1. The molecule has 0 fully saturated rings. The number of nitrogens with zero attached hydrogens (tertiary/aromatic N) is 1. The predicted molar refractivity (Wildman–Crippen MR) is 100.0 cm³/mol. The van der Waals surface area contributed by atoms with Gasteiger partial charge in [0.15, 0.2) is 5.75 Å². The van der Waals surface area contributed by atoms with Crippen LogP contribution in [0.4, 0.5) is 0 Å². The summed E-state index contributed by atoms with van der Waals surface area (Å²) in [5.74, 6) is -1.04. The van der Waals surface area contributed by atoms with Gasteiger partial charge >= 0.3 is 5.97 Å². The van der Waals surface area contributed by atoms with Crippen molar-refractivity contribution in [2.45, 2.75) is 52.7 Å². The summed E-state index contributed by atoms with van der Waals surface area (Å²) in [7, 11) is 0. The Balaban J connectivity index is 2.26. The molecule has 2 aromatic rings. The van der Waals surface area contributed by atoms with Crippen LogP contribution in [0.15, 0.2) is 30.5 Å². The van der Waals surface area contributed by atoms with Gasteiger partial charge in [-0.2, -0.15) is 0 Å². The largest absolute Gasteiger partial charge is 0.505 e. The fraction of sp³-hybridized carbons (Fsp3) is 0.450. The Hall–Kier alpha value is -2.63. The highest BCUT2D eigenvalue weighted by Gasteiger charge is 2.28. The summed E-state index contributed by atoms with van der Waals surface area (Å²) in [6.07, 6.45) is 1.99. The van der Waals surface area contributed by atoms with E-state index in [0.717, 1.165) is 5.39 Å². The van der Waals surface area contributed by atoms with E-state index in [1.54, 1.807) is 45.2 Å².